The van der Waals surface area contributed by atoms with E-state index in [4.69, 9.17) is 20.9 Å². The molecule has 0 N–H and O–H groups in total. The second kappa shape index (κ2) is 6.62. The summed E-state index contributed by atoms with van der Waals surface area (Å²) >= 11 is 7.84. The average molecular weight is 339 g/mol. The number of hydrogen-bond donors (Lipinski definition) is 0. The smallest absolute Gasteiger partial charge is 0.280 e. The molecular weight excluding hydrogens is 324 g/mol. The molecule has 0 unspecified atom stereocenters. The van der Waals surface area contributed by atoms with Gasteiger partial charge in [0, 0.05) is 6.07 Å². The van der Waals surface area contributed by atoms with Gasteiger partial charge >= 0.3 is 0 Å². The lowest BCUT2D eigenvalue weighted by molar-refractivity contribution is 0.0968. The monoisotopic (exact) mass is 338 g/mol. The summed E-state index contributed by atoms with van der Waals surface area (Å²) in [4.78, 5) is 14.3. The lowest BCUT2D eigenvalue weighted by Gasteiger charge is -2.29. The van der Waals surface area contributed by atoms with Crippen molar-refractivity contribution in [3.05, 3.63) is 40.7 Å². The molecule has 0 fully saturated rings. The molecular formula is C15H15ClN2O3S. The molecule has 116 valence electrons. The molecule has 2 aromatic rings. The molecule has 1 amide bonds. The summed E-state index contributed by atoms with van der Waals surface area (Å²) in [6, 6.07) is 7.05. The number of anilines is 1. The SMILES string of the molecule is CCSCc1cc(C(=O)N2CCOc3c(Cl)cccc32)no1. The molecule has 0 radical (unpaired) electrons. The van der Waals surface area contributed by atoms with Crippen LogP contribution < -0.4 is 9.64 Å². The topological polar surface area (TPSA) is 55.6 Å². The number of benzene rings is 1. The van der Waals surface area contributed by atoms with E-state index in [-0.39, 0.29) is 5.91 Å². The third-order valence-corrected chi connectivity index (χ3v) is 4.46. The number of ether oxygens (including phenoxy) is 1. The van der Waals surface area contributed by atoms with Gasteiger partial charge in [0.15, 0.2) is 11.4 Å². The van der Waals surface area contributed by atoms with Crippen LogP contribution >= 0.6 is 23.4 Å². The van der Waals surface area contributed by atoms with Crippen LogP contribution in [0, 0.1) is 0 Å². The minimum atomic E-state index is -0.205. The van der Waals surface area contributed by atoms with Crippen LogP contribution in [0.5, 0.6) is 5.75 Å². The van der Waals surface area contributed by atoms with E-state index in [1.165, 1.54) is 0 Å². The predicted octanol–water partition coefficient (Wildman–Crippen LogP) is 3.62. The number of carbonyl (C=O) groups is 1. The molecule has 7 heteroatoms. The Morgan fingerprint density at radius 1 is 1.50 bits per heavy atom. The molecule has 0 atom stereocenters. The number of halogens is 1. The minimum Gasteiger partial charge on any atom is -0.488 e. The second-order valence-electron chi connectivity index (χ2n) is 4.71. The maximum absolute atomic E-state index is 12.7. The van der Waals surface area contributed by atoms with Crippen molar-refractivity contribution in [2.45, 2.75) is 12.7 Å². The molecule has 1 aliphatic heterocycles. The van der Waals surface area contributed by atoms with Crippen LogP contribution in [0.25, 0.3) is 0 Å². The molecule has 1 aromatic heterocycles. The van der Waals surface area contributed by atoms with E-state index >= 15 is 0 Å². The zero-order chi connectivity index (χ0) is 15.5. The van der Waals surface area contributed by atoms with Crippen molar-refractivity contribution in [3.8, 4) is 5.75 Å². The summed E-state index contributed by atoms with van der Waals surface area (Å²) in [6.45, 7) is 2.93. The minimum absolute atomic E-state index is 0.205. The first-order chi connectivity index (χ1) is 10.7. The van der Waals surface area contributed by atoms with E-state index in [0.29, 0.717) is 46.8 Å². The van der Waals surface area contributed by atoms with E-state index in [9.17, 15) is 4.79 Å². The Morgan fingerprint density at radius 3 is 3.18 bits per heavy atom. The van der Waals surface area contributed by atoms with Gasteiger partial charge in [-0.3, -0.25) is 9.69 Å². The summed E-state index contributed by atoms with van der Waals surface area (Å²) in [5.74, 6) is 2.73. The fourth-order valence-electron chi connectivity index (χ4n) is 2.25. The van der Waals surface area contributed by atoms with Gasteiger partial charge < -0.3 is 9.26 Å². The Morgan fingerprint density at radius 2 is 2.36 bits per heavy atom. The lowest BCUT2D eigenvalue weighted by Crippen LogP contribution is -2.38. The van der Waals surface area contributed by atoms with Crippen LogP contribution in [0.4, 0.5) is 5.69 Å². The van der Waals surface area contributed by atoms with Crippen molar-refractivity contribution in [1.82, 2.24) is 5.16 Å². The number of fused-ring (bicyclic) bond motifs is 1. The van der Waals surface area contributed by atoms with E-state index < -0.39 is 0 Å². The number of thioether (sulfide) groups is 1. The quantitative estimate of drug-likeness (QED) is 0.852. The van der Waals surface area contributed by atoms with Gasteiger partial charge in [0.25, 0.3) is 5.91 Å². The molecule has 1 aromatic carbocycles. The standard InChI is InChI=1S/C15H15ClN2O3S/c1-2-22-9-10-8-12(17-21-10)15(19)18-6-7-20-14-11(16)4-3-5-13(14)18/h3-5,8H,2,6-7,9H2,1H3. The number of para-hydroxylation sites is 1. The van der Waals surface area contributed by atoms with Gasteiger partial charge in [-0.25, -0.2) is 0 Å². The molecule has 2 heterocycles. The van der Waals surface area contributed by atoms with Crippen LogP contribution in [-0.2, 0) is 5.75 Å². The van der Waals surface area contributed by atoms with Gasteiger partial charge in [-0.05, 0) is 17.9 Å². The van der Waals surface area contributed by atoms with E-state index in [2.05, 4.69) is 12.1 Å². The van der Waals surface area contributed by atoms with Crippen LogP contribution in [-0.4, -0.2) is 30.0 Å². The lowest BCUT2D eigenvalue weighted by atomic mass is 10.2. The van der Waals surface area contributed by atoms with E-state index in [0.717, 1.165) is 5.75 Å². The highest BCUT2D eigenvalue weighted by Gasteiger charge is 2.28. The zero-order valence-corrected chi connectivity index (χ0v) is 13.6. The zero-order valence-electron chi connectivity index (χ0n) is 12.0. The van der Waals surface area contributed by atoms with Crippen LogP contribution in [0.1, 0.15) is 23.2 Å². The summed E-state index contributed by atoms with van der Waals surface area (Å²) in [6.07, 6.45) is 0. The average Bonchev–Trinajstić information content (AvgIpc) is 3.01. The molecule has 0 bridgehead atoms. The van der Waals surface area contributed by atoms with Crippen molar-refractivity contribution in [2.24, 2.45) is 0 Å². The van der Waals surface area contributed by atoms with Crippen molar-refractivity contribution >= 4 is 35.0 Å². The van der Waals surface area contributed by atoms with Crippen molar-refractivity contribution in [2.75, 3.05) is 23.8 Å². The molecule has 1 aliphatic rings. The number of hydrogen-bond acceptors (Lipinski definition) is 5. The van der Waals surface area contributed by atoms with Gasteiger partial charge in [-0.2, -0.15) is 11.8 Å². The van der Waals surface area contributed by atoms with Crippen LogP contribution in [0.15, 0.2) is 28.8 Å². The molecule has 0 saturated heterocycles. The largest absolute Gasteiger partial charge is 0.488 e. The first kappa shape index (κ1) is 15.2. The summed E-state index contributed by atoms with van der Waals surface area (Å²) in [7, 11) is 0. The highest BCUT2D eigenvalue weighted by Crippen LogP contribution is 2.38. The van der Waals surface area contributed by atoms with Crippen molar-refractivity contribution in [3.63, 3.8) is 0 Å². The highest BCUT2D eigenvalue weighted by molar-refractivity contribution is 7.98. The Balaban J connectivity index is 1.84. The molecule has 0 saturated carbocycles. The first-order valence-electron chi connectivity index (χ1n) is 6.97. The molecule has 0 spiro atoms. The van der Waals surface area contributed by atoms with Crippen LogP contribution in [0.3, 0.4) is 0 Å². The molecule has 5 nitrogen and oxygen atoms in total. The van der Waals surface area contributed by atoms with Gasteiger partial charge in [-0.1, -0.05) is 29.7 Å². The summed E-state index contributed by atoms with van der Waals surface area (Å²) < 4.78 is 10.8. The number of aromatic nitrogens is 1. The van der Waals surface area contributed by atoms with E-state index in [1.54, 1.807) is 34.9 Å². The third kappa shape index (κ3) is 2.94. The van der Waals surface area contributed by atoms with Gasteiger partial charge in [0.2, 0.25) is 0 Å². The first-order valence-corrected chi connectivity index (χ1v) is 8.50. The fraction of sp³-hybridized carbons (Fsp3) is 0.333. The predicted molar refractivity (Wildman–Crippen MR) is 87.0 cm³/mol. The normalized spacial score (nSPS) is 13.6. The summed E-state index contributed by atoms with van der Waals surface area (Å²) in [5.41, 5.74) is 0.968. The number of amides is 1. The maximum atomic E-state index is 12.7. The van der Waals surface area contributed by atoms with Gasteiger partial charge in [-0.15, -0.1) is 0 Å². The third-order valence-electron chi connectivity index (χ3n) is 3.27. The maximum Gasteiger partial charge on any atom is 0.280 e. The Labute approximate surface area is 137 Å². The fourth-order valence-corrected chi connectivity index (χ4v) is 3.01. The number of nitrogens with zero attached hydrogens (tertiary/aromatic N) is 2. The van der Waals surface area contributed by atoms with Crippen molar-refractivity contribution in [1.29, 1.82) is 0 Å². The number of carbonyl (C=O) groups excluding carboxylic acids is 1. The van der Waals surface area contributed by atoms with Crippen molar-refractivity contribution < 1.29 is 14.1 Å². The summed E-state index contributed by atoms with van der Waals surface area (Å²) in [5, 5.41) is 4.38. The molecule has 0 aliphatic carbocycles. The highest BCUT2D eigenvalue weighted by atomic mass is 35.5. The van der Waals surface area contributed by atoms with E-state index in [1.807, 2.05) is 6.07 Å². The Bertz CT molecular complexity index is 689. The second-order valence-corrected chi connectivity index (χ2v) is 6.39. The molecule has 22 heavy (non-hydrogen) atoms. The number of rotatable bonds is 4. The Kier molecular flexibility index (Phi) is 4.59. The Hall–Kier alpha value is -1.66. The van der Waals surface area contributed by atoms with Crippen LogP contribution in [0.2, 0.25) is 5.02 Å². The van der Waals surface area contributed by atoms with Gasteiger partial charge in [0.05, 0.1) is 23.0 Å². The van der Waals surface area contributed by atoms with Gasteiger partial charge in [0.1, 0.15) is 12.4 Å². The molecule has 3 rings (SSSR count).